The van der Waals surface area contributed by atoms with Crippen molar-refractivity contribution >= 4 is 17.3 Å². The molecule has 1 heterocycles. The van der Waals surface area contributed by atoms with E-state index in [-0.39, 0.29) is 11.6 Å². The Labute approximate surface area is 105 Å². The lowest BCUT2D eigenvalue weighted by Gasteiger charge is -2.16. The van der Waals surface area contributed by atoms with Crippen molar-refractivity contribution in [1.82, 2.24) is 10.2 Å². The first-order chi connectivity index (χ1) is 8.19. The van der Waals surface area contributed by atoms with Crippen LogP contribution in [0.4, 0.5) is 5.69 Å². The Hall–Kier alpha value is -1.07. The molecule has 96 valence electrons. The number of aliphatic hydroxyl groups is 1. The van der Waals surface area contributed by atoms with Crippen LogP contribution >= 0.6 is 11.6 Å². The molecular weight excluding hydrogens is 242 g/mol. The number of hydrogen-bond acceptors (Lipinski definition) is 4. The molecule has 1 atom stereocenters. The molecule has 1 unspecified atom stereocenters. The molecule has 0 saturated heterocycles. The summed E-state index contributed by atoms with van der Waals surface area (Å²) in [6, 6.07) is 0. The minimum Gasteiger partial charge on any atom is -0.396 e. The Bertz CT molecular complexity index is 389. The number of hydrogen-bond donors (Lipinski definition) is 3. The minimum absolute atomic E-state index is 0.124. The van der Waals surface area contributed by atoms with E-state index in [0.717, 1.165) is 19.3 Å². The van der Waals surface area contributed by atoms with E-state index in [2.05, 4.69) is 22.4 Å². The van der Waals surface area contributed by atoms with Crippen molar-refractivity contribution in [3.8, 4) is 0 Å². The average Bonchev–Trinajstić information content (AvgIpc) is 2.31. The molecule has 17 heavy (non-hydrogen) atoms. The zero-order valence-corrected chi connectivity index (χ0v) is 10.6. The van der Waals surface area contributed by atoms with Crippen LogP contribution in [0, 0.1) is 5.92 Å². The van der Waals surface area contributed by atoms with Gasteiger partial charge < -0.3 is 10.4 Å². The van der Waals surface area contributed by atoms with E-state index in [1.165, 1.54) is 6.20 Å². The molecule has 0 amide bonds. The highest BCUT2D eigenvalue weighted by atomic mass is 35.5. The maximum absolute atomic E-state index is 11.2. The van der Waals surface area contributed by atoms with E-state index < -0.39 is 5.56 Å². The van der Waals surface area contributed by atoms with Crippen LogP contribution in [0.2, 0.25) is 5.02 Å². The summed E-state index contributed by atoms with van der Waals surface area (Å²) in [5.41, 5.74) is 0.139. The molecule has 0 spiro atoms. The molecule has 0 fully saturated rings. The van der Waals surface area contributed by atoms with Crippen LogP contribution in [0.15, 0.2) is 11.0 Å². The Morgan fingerprint density at radius 3 is 3.00 bits per heavy atom. The Balaban J connectivity index is 2.58. The Morgan fingerprint density at radius 1 is 1.59 bits per heavy atom. The fraction of sp³-hybridized carbons (Fsp3) is 0.636. The summed E-state index contributed by atoms with van der Waals surface area (Å²) in [5, 5.41) is 18.1. The minimum atomic E-state index is -0.397. The van der Waals surface area contributed by atoms with Gasteiger partial charge in [0, 0.05) is 13.2 Å². The third-order valence-electron chi connectivity index (χ3n) is 2.61. The zero-order chi connectivity index (χ0) is 12.7. The summed E-state index contributed by atoms with van der Waals surface area (Å²) in [6.45, 7) is 2.96. The van der Waals surface area contributed by atoms with E-state index in [1.54, 1.807) is 0 Å². The number of aromatic amines is 1. The van der Waals surface area contributed by atoms with Crippen molar-refractivity contribution < 1.29 is 5.11 Å². The van der Waals surface area contributed by atoms with Gasteiger partial charge >= 0.3 is 0 Å². The largest absolute Gasteiger partial charge is 0.396 e. The van der Waals surface area contributed by atoms with Gasteiger partial charge in [0.05, 0.1) is 11.9 Å². The number of nitrogens with one attached hydrogen (secondary N) is 2. The van der Waals surface area contributed by atoms with Gasteiger partial charge in [0.15, 0.2) is 0 Å². The molecular formula is C11H18ClN3O2. The molecule has 1 rings (SSSR count). The Morgan fingerprint density at radius 2 is 2.35 bits per heavy atom. The second-order valence-electron chi connectivity index (χ2n) is 3.97. The molecule has 0 bridgehead atoms. The molecule has 0 radical (unpaired) electrons. The standard InChI is InChI=1S/C11H18ClN3O2/c1-2-3-8(4-5-16)6-13-9-7-14-15-11(17)10(9)12/h7-8,16H,2-6H2,1H3,(H2,13,15,17). The summed E-state index contributed by atoms with van der Waals surface area (Å²) in [5.74, 6) is 0.375. The zero-order valence-electron chi connectivity index (χ0n) is 9.87. The van der Waals surface area contributed by atoms with Crippen molar-refractivity contribution in [2.24, 2.45) is 5.92 Å². The van der Waals surface area contributed by atoms with Crippen LogP contribution in [-0.4, -0.2) is 28.5 Å². The predicted molar refractivity (Wildman–Crippen MR) is 68.5 cm³/mol. The van der Waals surface area contributed by atoms with Crippen LogP contribution in [0.5, 0.6) is 0 Å². The molecule has 0 saturated carbocycles. The smallest absolute Gasteiger partial charge is 0.285 e. The van der Waals surface area contributed by atoms with Gasteiger partial charge in [0.1, 0.15) is 5.02 Å². The number of halogens is 1. The van der Waals surface area contributed by atoms with Gasteiger partial charge in [-0.3, -0.25) is 4.79 Å². The molecule has 0 aromatic carbocycles. The summed E-state index contributed by atoms with van der Waals surface area (Å²) in [4.78, 5) is 11.2. The van der Waals surface area contributed by atoms with E-state index in [9.17, 15) is 4.79 Å². The van der Waals surface area contributed by atoms with E-state index in [1.807, 2.05) is 0 Å². The van der Waals surface area contributed by atoms with E-state index >= 15 is 0 Å². The summed E-state index contributed by atoms with van der Waals surface area (Å²) in [7, 11) is 0. The van der Waals surface area contributed by atoms with Crippen LogP contribution in [0.25, 0.3) is 0 Å². The number of aliphatic hydroxyl groups excluding tert-OH is 1. The van der Waals surface area contributed by atoms with Crippen molar-refractivity contribution in [3.63, 3.8) is 0 Å². The van der Waals surface area contributed by atoms with Crippen molar-refractivity contribution in [2.75, 3.05) is 18.5 Å². The van der Waals surface area contributed by atoms with Gasteiger partial charge in [-0.25, -0.2) is 5.10 Å². The number of H-pyrrole nitrogens is 1. The first-order valence-electron chi connectivity index (χ1n) is 5.77. The van der Waals surface area contributed by atoms with Crippen LogP contribution in [0.1, 0.15) is 26.2 Å². The summed E-state index contributed by atoms with van der Waals surface area (Å²) in [6.07, 6.45) is 4.33. The molecule has 3 N–H and O–H groups in total. The van der Waals surface area contributed by atoms with Crippen LogP contribution < -0.4 is 10.9 Å². The summed E-state index contributed by atoms with van der Waals surface area (Å²) < 4.78 is 0. The monoisotopic (exact) mass is 259 g/mol. The first kappa shape index (κ1) is 14.0. The predicted octanol–water partition coefficient (Wildman–Crippen LogP) is 1.63. The number of aromatic nitrogens is 2. The van der Waals surface area contributed by atoms with E-state index in [0.29, 0.717) is 18.2 Å². The van der Waals surface area contributed by atoms with Gasteiger partial charge in [-0.05, 0) is 18.8 Å². The number of rotatable bonds is 7. The van der Waals surface area contributed by atoms with Gasteiger partial charge in [-0.1, -0.05) is 24.9 Å². The fourth-order valence-corrected chi connectivity index (χ4v) is 1.86. The maximum Gasteiger partial charge on any atom is 0.285 e. The first-order valence-corrected chi connectivity index (χ1v) is 6.14. The summed E-state index contributed by atoms with van der Waals surface area (Å²) >= 11 is 5.84. The lowest BCUT2D eigenvalue weighted by Crippen LogP contribution is -2.18. The van der Waals surface area contributed by atoms with E-state index in [4.69, 9.17) is 16.7 Å². The Kier molecular flexibility index (Phi) is 6.00. The molecule has 0 aliphatic carbocycles. The molecule has 6 heteroatoms. The maximum atomic E-state index is 11.2. The highest BCUT2D eigenvalue weighted by molar-refractivity contribution is 6.32. The van der Waals surface area contributed by atoms with Crippen LogP contribution in [0.3, 0.4) is 0 Å². The second kappa shape index (κ2) is 7.29. The second-order valence-corrected chi connectivity index (χ2v) is 4.35. The lowest BCUT2D eigenvalue weighted by atomic mass is 10.0. The van der Waals surface area contributed by atoms with Gasteiger partial charge in [-0.2, -0.15) is 5.10 Å². The molecule has 5 nitrogen and oxygen atoms in total. The number of anilines is 1. The quantitative estimate of drug-likeness (QED) is 0.696. The molecule has 1 aromatic rings. The van der Waals surface area contributed by atoms with Crippen molar-refractivity contribution in [1.29, 1.82) is 0 Å². The van der Waals surface area contributed by atoms with Crippen LogP contribution in [-0.2, 0) is 0 Å². The van der Waals surface area contributed by atoms with Gasteiger partial charge in [0.25, 0.3) is 5.56 Å². The SMILES string of the molecule is CCCC(CCO)CNc1cn[nH]c(=O)c1Cl. The number of nitrogens with zero attached hydrogens (tertiary/aromatic N) is 1. The fourth-order valence-electron chi connectivity index (χ4n) is 1.70. The topological polar surface area (TPSA) is 78.0 Å². The highest BCUT2D eigenvalue weighted by Gasteiger charge is 2.09. The lowest BCUT2D eigenvalue weighted by molar-refractivity contribution is 0.255. The van der Waals surface area contributed by atoms with Crippen molar-refractivity contribution in [2.45, 2.75) is 26.2 Å². The highest BCUT2D eigenvalue weighted by Crippen LogP contribution is 2.17. The molecule has 0 aliphatic rings. The molecule has 1 aromatic heterocycles. The average molecular weight is 260 g/mol. The van der Waals surface area contributed by atoms with Crippen molar-refractivity contribution in [3.05, 3.63) is 21.6 Å². The third-order valence-corrected chi connectivity index (χ3v) is 2.99. The molecule has 0 aliphatic heterocycles. The van der Waals surface area contributed by atoms with Gasteiger partial charge in [0.2, 0.25) is 0 Å². The normalized spacial score (nSPS) is 12.4. The third kappa shape index (κ3) is 4.36. The van der Waals surface area contributed by atoms with Gasteiger partial charge in [-0.15, -0.1) is 0 Å².